The van der Waals surface area contributed by atoms with Crippen LogP contribution in [0.15, 0.2) is 42.5 Å². The molecule has 0 fully saturated rings. The van der Waals surface area contributed by atoms with Crippen molar-refractivity contribution in [1.29, 1.82) is 0 Å². The molecule has 0 bridgehead atoms. The monoisotopic (exact) mass is 174 g/mol. The lowest BCUT2D eigenvalue weighted by atomic mass is 10.1. The summed E-state index contributed by atoms with van der Waals surface area (Å²) >= 11 is 0. The predicted octanol–water partition coefficient (Wildman–Crippen LogP) is 0.971. The van der Waals surface area contributed by atoms with Crippen molar-refractivity contribution >= 4 is 10.8 Å². The van der Waals surface area contributed by atoms with Gasteiger partial charge in [0.25, 0.3) is 0 Å². The number of hydrogen-bond donors (Lipinski definition) is 1. The van der Waals surface area contributed by atoms with Crippen molar-refractivity contribution in [3.05, 3.63) is 58.6 Å². The molecular formula is C10H8NO2. The third-order valence-corrected chi connectivity index (χ3v) is 1.59. The lowest BCUT2D eigenvalue weighted by Gasteiger charge is -1.92. The molecule has 0 saturated heterocycles. The van der Waals surface area contributed by atoms with E-state index in [-0.39, 0.29) is 5.34 Å². The molecule has 2 aromatic carbocycles. The van der Waals surface area contributed by atoms with E-state index in [0.717, 1.165) is 0 Å². The summed E-state index contributed by atoms with van der Waals surface area (Å²) in [6.07, 6.45) is 0. The van der Waals surface area contributed by atoms with Gasteiger partial charge in [-0.25, -0.2) is 0 Å². The summed E-state index contributed by atoms with van der Waals surface area (Å²) in [6, 6.07) is 17.3. The van der Waals surface area contributed by atoms with Crippen LogP contribution in [0.3, 0.4) is 0 Å². The minimum Gasteiger partial charge on any atom is -0.267 e. The van der Waals surface area contributed by atoms with E-state index in [0.29, 0.717) is 0 Å². The molecule has 13 heavy (non-hydrogen) atoms. The summed E-state index contributed by atoms with van der Waals surface area (Å²) in [6.45, 7) is 0. The van der Waals surface area contributed by atoms with E-state index in [2.05, 4.69) is 24.3 Å². The van der Waals surface area contributed by atoms with Crippen molar-refractivity contribution in [2.45, 2.75) is 0 Å². The molecule has 65 valence electrons. The summed E-state index contributed by atoms with van der Waals surface area (Å²) in [7, 11) is 0. The van der Waals surface area contributed by atoms with Crippen LogP contribution in [0, 0.1) is 16.2 Å². The van der Waals surface area contributed by atoms with Crippen LogP contribution in [0.2, 0.25) is 0 Å². The normalized spacial score (nSPS) is 8.62. The molecule has 2 rings (SSSR count). The van der Waals surface area contributed by atoms with Gasteiger partial charge >= 0.3 is 0 Å². The zero-order valence-electron chi connectivity index (χ0n) is 6.86. The maximum Gasteiger partial charge on any atom is 0.00366 e. The number of nitrogens with one attached hydrogen (secondary N) is 1. The fourth-order valence-electron chi connectivity index (χ4n) is 1.07. The van der Waals surface area contributed by atoms with Crippen LogP contribution in [0.4, 0.5) is 0 Å². The third-order valence-electron chi connectivity index (χ3n) is 1.59. The molecule has 0 unspecified atom stereocenters. The van der Waals surface area contributed by atoms with Crippen LogP contribution in [0.5, 0.6) is 0 Å². The second-order valence-corrected chi connectivity index (χ2v) is 2.36. The Hall–Kier alpha value is -1.90. The highest BCUT2D eigenvalue weighted by atomic mass is 16.6. The molecule has 0 amide bonds. The van der Waals surface area contributed by atoms with Gasteiger partial charge in [-0.15, -0.1) is 0 Å². The Morgan fingerprint density at radius 3 is 2.38 bits per heavy atom. The fourth-order valence-corrected chi connectivity index (χ4v) is 1.07. The quantitative estimate of drug-likeness (QED) is 0.478. The van der Waals surface area contributed by atoms with Gasteiger partial charge in [-0.05, 0) is 22.9 Å². The first-order chi connectivity index (χ1) is 6.38. The van der Waals surface area contributed by atoms with Crippen molar-refractivity contribution in [3.63, 3.8) is 0 Å². The second kappa shape index (κ2) is 4.87. The van der Waals surface area contributed by atoms with Crippen molar-refractivity contribution in [2.24, 2.45) is 0 Å². The van der Waals surface area contributed by atoms with Gasteiger partial charge in [-0.2, -0.15) is 0 Å². The van der Waals surface area contributed by atoms with Gasteiger partial charge in [0, 0.05) is 5.34 Å². The average Bonchev–Trinajstić information content (AvgIpc) is 2.19. The minimum atomic E-state index is 0.250. The molecule has 2 aromatic rings. The van der Waals surface area contributed by atoms with Gasteiger partial charge in [-0.3, -0.25) is 10.1 Å². The van der Waals surface area contributed by atoms with Crippen molar-refractivity contribution in [2.75, 3.05) is 0 Å². The van der Waals surface area contributed by atoms with Gasteiger partial charge in [0.05, 0.1) is 0 Å². The largest absolute Gasteiger partial charge is 0.267 e. The topological polar surface area (TPSA) is 54.1 Å². The number of benzene rings is 2. The third kappa shape index (κ3) is 2.56. The lowest BCUT2D eigenvalue weighted by molar-refractivity contribution is -0.398. The predicted molar refractivity (Wildman–Crippen MR) is 50.5 cm³/mol. The van der Waals surface area contributed by atoms with E-state index >= 15 is 0 Å². The molecule has 1 N–H and O–H groups in total. The Kier molecular flexibility index (Phi) is 3.45. The van der Waals surface area contributed by atoms with Crippen molar-refractivity contribution in [3.8, 4) is 0 Å². The Morgan fingerprint density at radius 1 is 1.15 bits per heavy atom. The van der Waals surface area contributed by atoms with Crippen molar-refractivity contribution in [1.82, 2.24) is 0 Å². The van der Waals surface area contributed by atoms with E-state index in [4.69, 9.17) is 10.1 Å². The molecule has 0 aliphatic rings. The Morgan fingerprint density at radius 2 is 1.77 bits per heavy atom. The Labute approximate surface area is 75.6 Å². The molecule has 3 heteroatoms. The molecule has 0 aliphatic heterocycles. The molecule has 0 spiro atoms. The Bertz CT molecular complexity index is 322. The van der Waals surface area contributed by atoms with E-state index < -0.39 is 0 Å². The van der Waals surface area contributed by atoms with Crippen LogP contribution in [-0.2, 0) is 0 Å². The molecular weight excluding hydrogens is 166 g/mol. The SMILES string of the molecule is O=[NH+][O-].[c]1ccc2ccccc2c1. The van der Waals surface area contributed by atoms with Gasteiger partial charge < -0.3 is 0 Å². The van der Waals surface area contributed by atoms with Gasteiger partial charge in [0.15, 0.2) is 0 Å². The van der Waals surface area contributed by atoms with Crippen LogP contribution in [-0.4, -0.2) is 0 Å². The van der Waals surface area contributed by atoms with Crippen molar-refractivity contribution < 1.29 is 5.34 Å². The van der Waals surface area contributed by atoms with Crippen LogP contribution >= 0.6 is 0 Å². The molecule has 0 atom stereocenters. The maximum atomic E-state index is 8.12. The number of fused-ring (bicyclic) bond motifs is 1. The summed E-state index contributed by atoms with van der Waals surface area (Å²) in [5.41, 5.74) is 0. The fraction of sp³-hybridized carbons (Fsp3) is 0. The Balaban J connectivity index is 0.000000251. The van der Waals surface area contributed by atoms with Gasteiger partial charge in [-0.1, -0.05) is 36.4 Å². The second-order valence-electron chi connectivity index (χ2n) is 2.36. The van der Waals surface area contributed by atoms with Crippen LogP contribution in [0.25, 0.3) is 10.8 Å². The summed E-state index contributed by atoms with van der Waals surface area (Å²) in [5, 5.41) is 10.9. The van der Waals surface area contributed by atoms with E-state index in [1.54, 1.807) is 0 Å². The lowest BCUT2D eigenvalue weighted by Crippen LogP contribution is -2.53. The van der Waals surface area contributed by atoms with E-state index in [9.17, 15) is 0 Å². The summed E-state index contributed by atoms with van der Waals surface area (Å²) < 4.78 is 0. The van der Waals surface area contributed by atoms with Gasteiger partial charge in [0.1, 0.15) is 0 Å². The molecule has 0 heterocycles. The smallest absolute Gasteiger partial charge is 0.00366 e. The molecule has 3 nitrogen and oxygen atoms in total. The van der Waals surface area contributed by atoms with Crippen LogP contribution < -0.4 is 5.34 Å². The first kappa shape index (κ1) is 9.19. The first-order valence-electron chi connectivity index (χ1n) is 3.72. The molecule has 0 aliphatic carbocycles. The summed E-state index contributed by atoms with van der Waals surface area (Å²) in [5.74, 6) is 0. The zero-order chi connectivity index (χ0) is 9.52. The maximum absolute atomic E-state index is 8.12. The highest BCUT2D eigenvalue weighted by Crippen LogP contribution is 2.10. The molecule has 0 aromatic heterocycles. The number of rotatable bonds is 0. The van der Waals surface area contributed by atoms with Gasteiger partial charge in [0.2, 0.25) is 0 Å². The first-order valence-corrected chi connectivity index (χ1v) is 3.72. The van der Waals surface area contributed by atoms with E-state index in [1.165, 1.54) is 10.8 Å². The summed E-state index contributed by atoms with van der Waals surface area (Å²) in [4.78, 5) is 8.12. The van der Waals surface area contributed by atoms with E-state index in [1.807, 2.05) is 24.3 Å². The minimum absolute atomic E-state index is 0.250. The zero-order valence-corrected chi connectivity index (χ0v) is 6.86. The number of hydrogen-bond acceptors (Lipinski definition) is 2. The highest BCUT2D eigenvalue weighted by Gasteiger charge is 1.85. The molecule has 0 saturated carbocycles. The van der Waals surface area contributed by atoms with Crippen LogP contribution in [0.1, 0.15) is 0 Å². The molecule has 1 radical (unpaired) electrons. The average molecular weight is 174 g/mol. The highest BCUT2D eigenvalue weighted by molar-refractivity contribution is 5.81. The standard InChI is InChI=1S/C10H7.HNO2/c1-2-6-10-8-4-3-7-9(10)5-1;2-1-3/h1-3,5-8H;1H.